The smallest absolute Gasteiger partial charge is 0.247 e. The first-order chi connectivity index (χ1) is 18.0. The summed E-state index contributed by atoms with van der Waals surface area (Å²) in [5.74, 6) is -0.814. The van der Waals surface area contributed by atoms with E-state index in [1.54, 1.807) is 29.2 Å². The molecule has 0 saturated heterocycles. The van der Waals surface area contributed by atoms with Gasteiger partial charge in [0.05, 0.1) is 0 Å². The predicted octanol–water partition coefficient (Wildman–Crippen LogP) is 6.50. The molecule has 4 nitrogen and oxygen atoms in total. The Morgan fingerprint density at radius 2 is 1.35 bits per heavy atom. The Kier molecular flexibility index (Phi) is 9.06. The van der Waals surface area contributed by atoms with E-state index < -0.39 is 6.04 Å². The summed E-state index contributed by atoms with van der Waals surface area (Å²) in [6.45, 7) is 0.462. The van der Waals surface area contributed by atoms with E-state index in [2.05, 4.69) is 5.32 Å². The molecule has 0 aromatic heterocycles. The average Bonchev–Trinajstić information content (AvgIpc) is 2.93. The van der Waals surface area contributed by atoms with Gasteiger partial charge >= 0.3 is 0 Å². The summed E-state index contributed by atoms with van der Waals surface area (Å²) in [5, 5.41) is 3.60. The van der Waals surface area contributed by atoms with E-state index in [1.165, 1.54) is 12.1 Å². The van der Waals surface area contributed by atoms with Gasteiger partial charge in [0.1, 0.15) is 11.9 Å². The van der Waals surface area contributed by atoms with Crippen LogP contribution < -0.4 is 5.32 Å². The molecule has 0 spiro atoms. The van der Waals surface area contributed by atoms with Crippen LogP contribution >= 0.6 is 11.6 Å². The standard InChI is InChI=1S/C31H28ClFN2O2/c32-27-16-11-24(12-17-27)21-34-31(37)30(26-9-5-2-6-10-26)35(22-25-13-18-28(33)19-14-25)29(36)20-15-23-7-3-1-4-8-23/h1-14,16-19,30H,15,20-22H2,(H,34,37)/t30-/m0/s1. The second-order valence-corrected chi connectivity index (χ2v) is 9.23. The predicted molar refractivity (Wildman–Crippen MR) is 144 cm³/mol. The van der Waals surface area contributed by atoms with Crippen LogP contribution in [0.3, 0.4) is 0 Å². The molecule has 2 amide bonds. The van der Waals surface area contributed by atoms with Gasteiger partial charge in [-0.15, -0.1) is 0 Å². The van der Waals surface area contributed by atoms with Gasteiger partial charge in [0, 0.05) is 24.5 Å². The number of nitrogens with one attached hydrogen (secondary N) is 1. The van der Waals surface area contributed by atoms with E-state index in [4.69, 9.17) is 11.6 Å². The van der Waals surface area contributed by atoms with Crippen molar-refractivity contribution >= 4 is 23.4 Å². The summed E-state index contributed by atoms with van der Waals surface area (Å²) in [6, 6.07) is 31.4. The average molecular weight is 515 g/mol. The molecule has 1 atom stereocenters. The first-order valence-electron chi connectivity index (χ1n) is 12.1. The molecule has 0 fully saturated rings. The molecule has 6 heteroatoms. The number of halogens is 2. The van der Waals surface area contributed by atoms with E-state index in [0.29, 0.717) is 23.6 Å². The minimum absolute atomic E-state index is 0.163. The van der Waals surface area contributed by atoms with Crippen LogP contribution in [-0.2, 0) is 29.1 Å². The van der Waals surface area contributed by atoms with Gasteiger partial charge in [0.25, 0.3) is 0 Å². The molecule has 4 rings (SSSR count). The number of carbonyl (C=O) groups excluding carboxylic acids is 2. The molecule has 0 heterocycles. The van der Waals surface area contributed by atoms with Crippen molar-refractivity contribution in [2.45, 2.75) is 32.0 Å². The maximum absolute atomic E-state index is 13.7. The lowest BCUT2D eigenvalue weighted by molar-refractivity contribution is -0.141. The number of carbonyl (C=O) groups is 2. The van der Waals surface area contributed by atoms with Gasteiger partial charge in [-0.1, -0.05) is 96.5 Å². The Labute approximate surface area is 221 Å². The molecule has 4 aromatic carbocycles. The van der Waals surface area contributed by atoms with Gasteiger partial charge in [-0.3, -0.25) is 9.59 Å². The Balaban J connectivity index is 1.62. The van der Waals surface area contributed by atoms with E-state index in [-0.39, 0.29) is 30.6 Å². The molecular weight excluding hydrogens is 487 g/mol. The van der Waals surface area contributed by atoms with Crippen molar-refractivity contribution in [1.82, 2.24) is 10.2 Å². The van der Waals surface area contributed by atoms with E-state index >= 15 is 0 Å². The first kappa shape index (κ1) is 26.1. The highest BCUT2D eigenvalue weighted by Gasteiger charge is 2.31. The Hall–Kier alpha value is -3.96. The topological polar surface area (TPSA) is 49.4 Å². The lowest BCUT2D eigenvalue weighted by Crippen LogP contribution is -2.43. The van der Waals surface area contributed by atoms with E-state index in [9.17, 15) is 14.0 Å². The second-order valence-electron chi connectivity index (χ2n) is 8.79. The van der Waals surface area contributed by atoms with Crippen LogP contribution in [0, 0.1) is 5.82 Å². The highest BCUT2D eigenvalue weighted by atomic mass is 35.5. The SMILES string of the molecule is O=C(NCc1ccc(Cl)cc1)[C@H](c1ccccc1)N(Cc1ccc(F)cc1)C(=O)CCc1ccccc1. The van der Waals surface area contributed by atoms with Gasteiger partial charge in [0.2, 0.25) is 11.8 Å². The fourth-order valence-corrected chi connectivity index (χ4v) is 4.27. The van der Waals surface area contributed by atoms with Crippen molar-refractivity contribution < 1.29 is 14.0 Å². The number of aryl methyl sites for hydroxylation is 1. The number of rotatable bonds is 10. The summed E-state index contributed by atoms with van der Waals surface area (Å²) < 4.78 is 13.6. The largest absolute Gasteiger partial charge is 0.350 e. The van der Waals surface area contributed by atoms with Gasteiger partial charge in [0.15, 0.2) is 0 Å². The van der Waals surface area contributed by atoms with Gasteiger partial charge in [-0.2, -0.15) is 0 Å². The number of hydrogen-bond donors (Lipinski definition) is 1. The zero-order valence-electron chi connectivity index (χ0n) is 20.3. The number of benzene rings is 4. The molecule has 4 aromatic rings. The lowest BCUT2D eigenvalue weighted by Gasteiger charge is -2.32. The van der Waals surface area contributed by atoms with Crippen LogP contribution in [0.25, 0.3) is 0 Å². The zero-order chi connectivity index (χ0) is 26.0. The molecule has 0 aliphatic rings. The fraction of sp³-hybridized carbons (Fsp3) is 0.161. The molecule has 0 radical (unpaired) electrons. The van der Waals surface area contributed by atoms with Crippen LogP contribution in [0.4, 0.5) is 4.39 Å². The van der Waals surface area contributed by atoms with Crippen LogP contribution in [0.2, 0.25) is 5.02 Å². The van der Waals surface area contributed by atoms with Crippen LogP contribution in [-0.4, -0.2) is 16.7 Å². The molecule has 0 bridgehead atoms. The summed E-state index contributed by atoms with van der Waals surface area (Å²) in [5.41, 5.74) is 3.37. The van der Waals surface area contributed by atoms with Crippen molar-refractivity contribution in [3.8, 4) is 0 Å². The zero-order valence-corrected chi connectivity index (χ0v) is 21.1. The summed E-state index contributed by atoms with van der Waals surface area (Å²) in [7, 11) is 0. The lowest BCUT2D eigenvalue weighted by atomic mass is 10.0. The van der Waals surface area contributed by atoms with Crippen molar-refractivity contribution in [2.75, 3.05) is 0 Å². The maximum Gasteiger partial charge on any atom is 0.247 e. The second kappa shape index (κ2) is 12.8. The third-order valence-corrected chi connectivity index (χ3v) is 6.36. The van der Waals surface area contributed by atoms with Gasteiger partial charge < -0.3 is 10.2 Å². The third-order valence-electron chi connectivity index (χ3n) is 6.11. The summed E-state index contributed by atoms with van der Waals surface area (Å²) in [6.07, 6.45) is 0.784. The maximum atomic E-state index is 13.7. The van der Waals surface area contributed by atoms with Crippen molar-refractivity contribution in [3.05, 3.63) is 142 Å². The van der Waals surface area contributed by atoms with Crippen LogP contribution in [0.15, 0.2) is 109 Å². The molecule has 37 heavy (non-hydrogen) atoms. The van der Waals surface area contributed by atoms with Crippen LogP contribution in [0.5, 0.6) is 0 Å². The van der Waals surface area contributed by atoms with Crippen molar-refractivity contribution in [3.63, 3.8) is 0 Å². The quantitative estimate of drug-likeness (QED) is 0.263. The van der Waals surface area contributed by atoms with Crippen molar-refractivity contribution in [2.24, 2.45) is 0 Å². The third kappa shape index (κ3) is 7.51. The Morgan fingerprint density at radius 3 is 2.00 bits per heavy atom. The highest BCUT2D eigenvalue weighted by Crippen LogP contribution is 2.25. The highest BCUT2D eigenvalue weighted by molar-refractivity contribution is 6.30. The van der Waals surface area contributed by atoms with Gasteiger partial charge in [-0.05, 0) is 52.9 Å². The number of hydrogen-bond acceptors (Lipinski definition) is 2. The summed E-state index contributed by atoms with van der Waals surface area (Å²) in [4.78, 5) is 28.9. The minimum atomic E-state index is -0.859. The summed E-state index contributed by atoms with van der Waals surface area (Å²) >= 11 is 5.99. The normalized spacial score (nSPS) is 11.5. The van der Waals surface area contributed by atoms with Crippen molar-refractivity contribution in [1.29, 1.82) is 0 Å². The molecule has 0 aliphatic heterocycles. The molecule has 0 unspecified atom stereocenters. The van der Waals surface area contributed by atoms with E-state index in [0.717, 1.165) is 16.7 Å². The molecule has 1 N–H and O–H groups in total. The Morgan fingerprint density at radius 1 is 0.757 bits per heavy atom. The number of nitrogens with zero attached hydrogens (tertiary/aromatic N) is 1. The minimum Gasteiger partial charge on any atom is -0.350 e. The molecule has 0 aliphatic carbocycles. The molecular formula is C31H28ClFN2O2. The number of amides is 2. The fourth-order valence-electron chi connectivity index (χ4n) is 4.15. The van der Waals surface area contributed by atoms with Crippen LogP contribution in [0.1, 0.15) is 34.7 Å². The van der Waals surface area contributed by atoms with Gasteiger partial charge in [-0.25, -0.2) is 4.39 Å². The first-order valence-corrected chi connectivity index (χ1v) is 12.5. The molecule has 188 valence electrons. The Bertz CT molecular complexity index is 1300. The monoisotopic (exact) mass is 514 g/mol. The van der Waals surface area contributed by atoms with E-state index in [1.807, 2.05) is 72.8 Å². The molecule has 0 saturated carbocycles.